The average molecular weight is 589 g/mol. The van der Waals surface area contributed by atoms with Gasteiger partial charge in [0.25, 0.3) is 10.0 Å². The molecule has 0 spiro atoms. The van der Waals surface area contributed by atoms with E-state index in [0.717, 1.165) is 19.2 Å². The Balaban J connectivity index is 2.42. The van der Waals surface area contributed by atoms with Crippen LogP contribution in [0.5, 0.6) is 0 Å². The number of benzene rings is 2. The standard InChI is InChI=1S/C26H25F5N2O6S/c1-13(2)39-25(35)19-14(3)32-18(12-27)21(24(34)38-4)22(19)20-16(28)10-11-17(23(20)26(29,30)31)33-40(36,37)15-8-6-5-7-9-15/h5-11,13,22,32-33H,12H2,1-4H3. The summed E-state index contributed by atoms with van der Waals surface area (Å²) in [7, 11) is -3.75. The number of nitrogens with one attached hydrogen (secondary N) is 2. The van der Waals surface area contributed by atoms with Gasteiger partial charge in [0.2, 0.25) is 0 Å². The Hall–Kier alpha value is -3.94. The van der Waals surface area contributed by atoms with Crippen molar-refractivity contribution in [2.45, 2.75) is 43.9 Å². The molecule has 2 aromatic rings. The normalized spacial score (nSPS) is 16.1. The molecule has 0 saturated carbocycles. The molecule has 0 saturated heterocycles. The van der Waals surface area contributed by atoms with Gasteiger partial charge in [-0.15, -0.1) is 0 Å². The third kappa shape index (κ3) is 6.11. The third-order valence-electron chi connectivity index (χ3n) is 5.81. The van der Waals surface area contributed by atoms with E-state index < -0.39 is 86.3 Å². The molecule has 0 amide bonds. The number of alkyl halides is 4. The van der Waals surface area contributed by atoms with E-state index in [9.17, 15) is 35.6 Å². The Bertz CT molecular complexity index is 1480. The first kappa shape index (κ1) is 30.6. The molecular formula is C26H25F5N2O6S. The predicted octanol–water partition coefficient (Wildman–Crippen LogP) is 4.95. The van der Waals surface area contributed by atoms with E-state index in [2.05, 4.69) is 10.1 Å². The summed E-state index contributed by atoms with van der Waals surface area (Å²) in [5.41, 5.74) is -6.45. The molecule has 14 heteroatoms. The van der Waals surface area contributed by atoms with Crippen LogP contribution in [0.15, 0.2) is 69.9 Å². The highest BCUT2D eigenvalue weighted by molar-refractivity contribution is 7.92. The number of rotatable bonds is 8. The number of carbonyl (C=O) groups is 2. The highest BCUT2D eigenvalue weighted by Crippen LogP contribution is 2.48. The zero-order chi connectivity index (χ0) is 30.0. The van der Waals surface area contributed by atoms with Crippen LogP contribution in [0.1, 0.15) is 37.8 Å². The zero-order valence-corrected chi connectivity index (χ0v) is 22.5. The van der Waals surface area contributed by atoms with Gasteiger partial charge in [0.1, 0.15) is 12.5 Å². The molecule has 0 radical (unpaired) electrons. The second kappa shape index (κ2) is 11.7. The minimum absolute atomic E-state index is 0.209. The number of sulfonamides is 1. The third-order valence-corrected chi connectivity index (χ3v) is 7.19. The summed E-state index contributed by atoms with van der Waals surface area (Å²) >= 11 is 0. The van der Waals surface area contributed by atoms with E-state index in [1.54, 1.807) is 0 Å². The molecule has 0 fully saturated rings. The maximum atomic E-state index is 15.6. The summed E-state index contributed by atoms with van der Waals surface area (Å²) in [6, 6.07) is 7.54. The van der Waals surface area contributed by atoms with Crippen molar-refractivity contribution in [2.75, 3.05) is 18.5 Å². The van der Waals surface area contributed by atoms with Crippen molar-refractivity contribution in [2.24, 2.45) is 0 Å². The molecule has 40 heavy (non-hydrogen) atoms. The fraction of sp³-hybridized carbons (Fsp3) is 0.308. The van der Waals surface area contributed by atoms with Crippen molar-refractivity contribution in [3.63, 3.8) is 0 Å². The summed E-state index contributed by atoms with van der Waals surface area (Å²) < 4.78 is 111. The molecule has 1 atom stereocenters. The molecule has 0 bridgehead atoms. The predicted molar refractivity (Wildman–Crippen MR) is 133 cm³/mol. The van der Waals surface area contributed by atoms with Crippen molar-refractivity contribution < 1.29 is 49.4 Å². The molecule has 0 aromatic heterocycles. The summed E-state index contributed by atoms with van der Waals surface area (Å²) in [5, 5.41) is 2.45. The van der Waals surface area contributed by atoms with Crippen LogP contribution in [0.2, 0.25) is 0 Å². The first-order valence-electron chi connectivity index (χ1n) is 11.7. The second-order valence-electron chi connectivity index (χ2n) is 8.87. The minimum atomic E-state index is -5.44. The lowest BCUT2D eigenvalue weighted by atomic mass is 9.77. The molecule has 8 nitrogen and oxygen atoms in total. The topological polar surface area (TPSA) is 111 Å². The van der Waals surface area contributed by atoms with Crippen molar-refractivity contribution in [3.8, 4) is 0 Å². The molecule has 0 aliphatic carbocycles. The van der Waals surface area contributed by atoms with E-state index in [0.29, 0.717) is 12.1 Å². The molecule has 1 aliphatic rings. The number of dihydropyridines is 1. The van der Waals surface area contributed by atoms with Gasteiger partial charge >= 0.3 is 18.1 Å². The quantitative estimate of drug-likeness (QED) is 0.332. The van der Waals surface area contributed by atoms with E-state index in [4.69, 9.17) is 4.74 Å². The number of allylic oxidation sites excluding steroid dienone is 2. The largest absolute Gasteiger partial charge is 0.466 e. The van der Waals surface area contributed by atoms with Crippen LogP contribution >= 0.6 is 0 Å². The van der Waals surface area contributed by atoms with Gasteiger partial charge < -0.3 is 14.8 Å². The Kier molecular flexibility index (Phi) is 8.92. The van der Waals surface area contributed by atoms with Gasteiger partial charge in [0.15, 0.2) is 0 Å². The lowest BCUT2D eigenvalue weighted by molar-refractivity contribution is -0.144. The number of hydrogen-bond acceptors (Lipinski definition) is 7. The van der Waals surface area contributed by atoms with Crippen molar-refractivity contribution in [3.05, 3.63) is 81.9 Å². The summed E-state index contributed by atoms with van der Waals surface area (Å²) in [6.45, 7) is 2.68. The Morgan fingerprint density at radius 1 is 1.05 bits per heavy atom. The first-order valence-corrected chi connectivity index (χ1v) is 13.2. The molecule has 216 valence electrons. The summed E-state index contributed by atoms with van der Waals surface area (Å²) in [4.78, 5) is 25.5. The molecule has 1 aliphatic heterocycles. The van der Waals surface area contributed by atoms with Crippen LogP contribution in [0, 0.1) is 5.82 Å². The number of ether oxygens (including phenoxy) is 2. The summed E-state index contributed by atoms with van der Waals surface area (Å²) in [5.74, 6) is -6.31. The zero-order valence-electron chi connectivity index (χ0n) is 21.7. The molecule has 1 unspecified atom stereocenters. The van der Waals surface area contributed by atoms with Gasteiger partial charge in [-0.2, -0.15) is 13.2 Å². The van der Waals surface area contributed by atoms with Crippen LogP contribution in [0.4, 0.5) is 27.6 Å². The highest BCUT2D eigenvalue weighted by atomic mass is 32.2. The molecule has 2 aromatic carbocycles. The number of hydrogen-bond donors (Lipinski definition) is 2. The van der Waals surface area contributed by atoms with Crippen LogP contribution in [0.3, 0.4) is 0 Å². The maximum absolute atomic E-state index is 15.6. The second-order valence-corrected chi connectivity index (χ2v) is 10.6. The minimum Gasteiger partial charge on any atom is -0.466 e. The monoisotopic (exact) mass is 588 g/mol. The number of esters is 2. The van der Waals surface area contributed by atoms with Gasteiger partial charge in [0, 0.05) is 11.3 Å². The highest BCUT2D eigenvalue weighted by Gasteiger charge is 2.47. The SMILES string of the molecule is COC(=O)C1=C(CF)NC(C)=C(C(=O)OC(C)C)C1c1c(F)ccc(NS(=O)(=O)c2ccccc2)c1C(F)(F)F. The fourth-order valence-corrected chi connectivity index (χ4v) is 5.35. The van der Waals surface area contributed by atoms with Crippen LogP contribution in [-0.2, 0) is 35.3 Å². The van der Waals surface area contributed by atoms with Gasteiger partial charge in [-0.25, -0.2) is 26.8 Å². The van der Waals surface area contributed by atoms with Gasteiger partial charge in [-0.3, -0.25) is 4.72 Å². The van der Waals surface area contributed by atoms with E-state index in [1.165, 1.54) is 39.0 Å². The average Bonchev–Trinajstić information content (AvgIpc) is 2.87. The van der Waals surface area contributed by atoms with Crippen molar-refractivity contribution in [1.29, 1.82) is 0 Å². The molecular weight excluding hydrogens is 563 g/mol. The first-order chi connectivity index (χ1) is 18.6. The van der Waals surface area contributed by atoms with Crippen LogP contribution in [0.25, 0.3) is 0 Å². The lowest BCUT2D eigenvalue weighted by Gasteiger charge is -2.33. The smallest absolute Gasteiger partial charge is 0.418 e. The van der Waals surface area contributed by atoms with Gasteiger partial charge in [0.05, 0.1) is 52.1 Å². The number of carbonyl (C=O) groups excluding carboxylic acids is 2. The number of methoxy groups -OCH3 is 1. The fourth-order valence-electron chi connectivity index (χ4n) is 4.26. The van der Waals surface area contributed by atoms with Crippen molar-refractivity contribution >= 4 is 27.6 Å². The van der Waals surface area contributed by atoms with E-state index in [-0.39, 0.29) is 10.6 Å². The molecule has 3 rings (SSSR count). The molecule has 2 N–H and O–H groups in total. The van der Waals surface area contributed by atoms with E-state index >= 15 is 4.39 Å². The van der Waals surface area contributed by atoms with Crippen LogP contribution in [-0.4, -0.2) is 40.2 Å². The number of halogens is 5. The van der Waals surface area contributed by atoms with Crippen LogP contribution < -0.4 is 10.0 Å². The summed E-state index contributed by atoms with van der Waals surface area (Å²) in [6.07, 6.45) is -6.22. The van der Waals surface area contributed by atoms with Gasteiger partial charge in [-0.1, -0.05) is 18.2 Å². The number of anilines is 1. The van der Waals surface area contributed by atoms with E-state index in [1.807, 2.05) is 4.72 Å². The Labute approximate surface area is 226 Å². The lowest BCUT2D eigenvalue weighted by Crippen LogP contribution is -2.35. The maximum Gasteiger partial charge on any atom is 0.418 e. The van der Waals surface area contributed by atoms with Gasteiger partial charge in [-0.05, 0) is 45.0 Å². The Morgan fingerprint density at radius 3 is 2.20 bits per heavy atom. The Morgan fingerprint density at radius 2 is 1.68 bits per heavy atom. The van der Waals surface area contributed by atoms with Crippen molar-refractivity contribution in [1.82, 2.24) is 5.32 Å². The molecule has 1 heterocycles.